The molecule has 3 rings (SSSR count). The van der Waals surface area contributed by atoms with Crippen LogP contribution in [0.25, 0.3) is 0 Å². The van der Waals surface area contributed by atoms with Crippen LogP contribution in [0.4, 0.5) is 11.4 Å². The third kappa shape index (κ3) is 4.51. The standard InChI is InChI=1S/C19H20N2O4S2/c1-12-3-5-14(6-4-12)20-18(22)9-13(2)27(24,25)15-7-8-17-16(10-15)21-19(23)11-26-17/h3-8,10,13H,9,11H2,1-2H3,(H,20,22)(H,21,23)/t13-/m0/s1. The molecule has 0 saturated carbocycles. The van der Waals surface area contributed by atoms with Gasteiger partial charge in [0.2, 0.25) is 11.8 Å². The van der Waals surface area contributed by atoms with Crippen molar-refractivity contribution < 1.29 is 18.0 Å². The summed E-state index contributed by atoms with van der Waals surface area (Å²) in [6, 6.07) is 12.0. The van der Waals surface area contributed by atoms with Gasteiger partial charge in [0.15, 0.2) is 9.84 Å². The van der Waals surface area contributed by atoms with Gasteiger partial charge in [0.05, 0.1) is 21.6 Å². The highest BCUT2D eigenvalue weighted by Crippen LogP contribution is 2.34. The molecule has 2 aromatic carbocycles. The van der Waals surface area contributed by atoms with Gasteiger partial charge in [-0.25, -0.2) is 8.42 Å². The predicted octanol–water partition coefficient (Wildman–Crippen LogP) is 3.23. The Balaban J connectivity index is 1.72. The molecule has 1 aliphatic heterocycles. The third-order valence-electron chi connectivity index (χ3n) is 4.25. The number of carbonyl (C=O) groups is 2. The SMILES string of the molecule is Cc1ccc(NC(=O)C[C@H](C)S(=O)(=O)c2ccc3c(c2)NC(=O)CS3)cc1. The molecule has 27 heavy (non-hydrogen) atoms. The molecule has 142 valence electrons. The highest BCUT2D eigenvalue weighted by Gasteiger charge is 2.27. The van der Waals surface area contributed by atoms with Crippen molar-refractivity contribution in [2.24, 2.45) is 0 Å². The van der Waals surface area contributed by atoms with E-state index in [1.807, 2.05) is 19.1 Å². The molecular weight excluding hydrogens is 384 g/mol. The third-order valence-corrected chi connectivity index (χ3v) is 7.46. The van der Waals surface area contributed by atoms with Crippen molar-refractivity contribution >= 4 is 44.8 Å². The number of rotatable bonds is 5. The van der Waals surface area contributed by atoms with Crippen molar-refractivity contribution in [2.75, 3.05) is 16.4 Å². The molecule has 1 atom stereocenters. The molecular formula is C19H20N2O4S2. The molecule has 8 heteroatoms. The number of hydrogen-bond donors (Lipinski definition) is 2. The number of hydrogen-bond acceptors (Lipinski definition) is 5. The second-order valence-corrected chi connectivity index (χ2v) is 9.85. The molecule has 2 amide bonds. The number of sulfone groups is 1. The van der Waals surface area contributed by atoms with Crippen molar-refractivity contribution in [1.82, 2.24) is 0 Å². The Hall–Kier alpha value is -2.32. The van der Waals surface area contributed by atoms with Crippen molar-refractivity contribution in [1.29, 1.82) is 0 Å². The first-order chi connectivity index (χ1) is 12.8. The first-order valence-corrected chi connectivity index (χ1v) is 11.0. The van der Waals surface area contributed by atoms with Crippen LogP contribution in [0.15, 0.2) is 52.3 Å². The minimum absolute atomic E-state index is 0.0969. The van der Waals surface area contributed by atoms with Gasteiger partial charge in [-0.3, -0.25) is 9.59 Å². The lowest BCUT2D eigenvalue weighted by Crippen LogP contribution is -2.25. The molecule has 0 unspecified atom stereocenters. The van der Waals surface area contributed by atoms with Gasteiger partial charge in [-0.2, -0.15) is 0 Å². The monoisotopic (exact) mass is 404 g/mol. The molecule has 1 aliphatic rings. The molecule has 2 aromatic rings. The zero-order chi connectivity index (χ0) is 19.6. The lowest BCUT2D eigenvalue weighted by atomic mass is 10.2. The van der Waals surface area contributed by atoms with Gasteiger partial charge < -0.3 is 10.6 Å². The summed E-state index contributed by atoms with van der Waals surface area (Å²) in [5.74, 6) is -0.210. The van der Waals surface area contributed by atoms with Crippen molar-refractivity contribution in [3.05, 3.63) is 48.0 Å². The van der Waals surface area contributed by atoms with Crippen LogP contribution in [-0.2, 0) is 19.4 Å². The van der Waals surface area contributed by atoms with Crippen LogP contribution in [0, 0.1) is 6.92 Å². The molecule has 0 aliphatic carbocycles. The zero-order valence-electron chi connectivity index (χ0n) is 15.0. The van der Waals surface area contributed by atoms with Gasteiger partial charge in [0.25, 0.3) is 0 Å². The van der Waals surface area contributed by atoms with E-state index in [1.54, 1.807) is 18.2 Å². The number of amides is 2. The maximum absolute atomic E-state index is 12.8. The van der Waals surface area contributed by atoms with Crippen molar-refractivity contribution in [3.8, 4) is 0 Å². The van der Waals surface area contributed by atoms with E-state index < -0.39 is 15.1 Å². The average molecular weight is 405 g/mol. The highest BCUT2D eigenvalue weighted by atomic mass is 32.2. The molecule has 6 nitrogen and oxygen atoms in total. The molecule has 0 spiro atoms. The molecule has 0 saturated heterocycles. The van der Waals surface area contributed by atoms with Crippen LogP contribution in [0.1, 0.15) is 18.9 Å². The first kappa shape index (κ1) is 19.4. The van der Waals surface area contributed by atoms with Crippen LogP contribution < -0.4 is 10.6 Å². The number of fused-ring (bicyclic) bond motifs is 1. The summed E-state index contributed by atoms with van der Waals surface area (Å²) < 4.78 is 25.7. The van der Waals surface area contributed by atoms with Gasteiger partial charge in [-0.05, 0) is 44.2 Å². The van der Waals surface area contributed by atoms with Crippen LogP contribution in [0.5, 0.6) is 0 Å². The van der Waals surface area contributed by atoms with E-state index in [0.717, 1.165) is 10.5 Å². The number of benzene rings is 2. The lowest BCUT2D eigenvalue weighted by Gasteiger charge is -2.18. The maximum atomic E-state index is 12.8. The fourth-order valence-electron chi connectivity index (χ4n) is 2.69. The Kier molecular flexibility index (Phi) is 5.57. The fourth-order valence-corrected chi connectivity index (χ4v) is 4.85. The largest absolute Gasteiger partial charge is 0.326 e. The first-order valence-electron chi connectivity index (χ1n) is 8.43. The summed E-state index contributed by atoms with van der Waals surface area (Å²) in [5, 5.41) is 4.51. The number of thioether (sulfide) groups is 1. The Morgan fingerprint density at radius 2 is 1.93 bits per heavy atom. The number of nitrogens with one attached hydrogen (secondary N) is 2. The Morgan fingerprint density at radius 1 is 1.22 bits per heavy atom. The number of carbonyl (C=O) groups excluding carboxylic acids is 2. The quantitative estimate of drug-likeness (QED) is 0.798. The zero-order valence-corrected chi connectivity index (χ0v) is 16.6. The Bertz CT molecular complexity index is 985. The Morgan fingerprint density at radius 3 is 2.63 bits per heavy atom. The molecule has 0 fully saturated rings. The molecule has 0 bridgehead atoms. The van der Waals surface area contributed by atoms with Crippen LogP contribution in [-0.4, -0.2) is 31.2 Å². The highest BCUT2D eigenvalue weighted by molar-refractivity contribution is 8.00. The normalized spacial score (nSPS) is 14.8. The van der Waals surface area contributed by atoms with Crippen LogP contribution in [0.2, 0.25) is 0 Å². The summed E-state index contributed by atoms with van der Waals surface area (Å²) in [6.07, 6.45) is -0.158. The molecule has 0 radical (unpaired) electrons. The number of anilines is 2. The van der Waals surface area contributed by atoms with E-state index in [1.165, 1.54) is 30.8 Å². The second kappa shape index (κ2) is 7.74. The van der Waals surface area contributed by atoms with E-state index >= 15 is 0 Å². The lowest BCUT2D eigenvalue weighted by molar-refractivity contribution is -0.116. The second-order valence-electron chi connectivity index (χ2n) is 6.47. The summed E-state index contributed by atoms with van der Waals surface area (Å²) >= 11 is 1.37. The van der Waals surface area contributed by atoms with Gasteiger partial charge >= 0.3 is 0 Å². The van der Waals surface area contributed by atoms with E-state index in [2.05, 4.69) is 10.6 Å². The number of aryl methyl sites for hydroxylation is 1. The summed E-state index contributed by atoms with van der Waals surface area (Å²) in [4.78, 5) is 24.7. The van der Waals surface area contributed by atoms with Crippen molar-refractivity contribution in [2.45, 2.75) is 35.3 Å². The summed E-state index contributed by atoms with van der Waals surface area (Å²) in [5.41, 5.74) is 2.19. The summed E-state index contributed by atoms with van der Waals surface area (Å²) in [6.45, 7) is 3.45. The van der Waals surface area contributed by atoms with Crippen LogP contribution in [0.3, 0.4) is 0 Å². The Labute approximate surface area is 162 Å². The van der Waals surface area contributed by atoms with E-state index in [4.69, 9.17) is 0 Å². The van der Waals surface area contributed by atoms with E-state index in [9.17, 15) is 18.0 Å². The minimum atomic E-state index is -3.71. The minimum Gasteiger partial charge on any atom is -0.326 e. The maximum Gasteiger partial charge on any atom is 0.234 e. The van der Waals surface area contributed by atoms with E-state index in [-0.39, 0.29) is 23.1 Å². The van der Waals surface area contributed by atoms with Gasteiger partial charge in [0, 0.05) is 17.0 Å². The van der Waals surface area contributed by atoms with Crippen molar-refractivity contribution in [3.63, 3.8) is 0 Å². The summed E-state index contributed by atoms with van der Waals surface area (Å²) in [7, 11) is -3.71. The van der Waals surface area contributed by atoms with E-state index in [0.29, 0.717) is 17.1 Å². The molecule has 0 aromatic heterocycles. The topological polar surface area (TPSA) is 92.3 Å². The molecule has 2 N–H and O–H groups in total. The van der Waals surface area contributed by atoms with Gasteiger partial charge in [-0.1, -0.05) is 17.7 Å². The smallest absolute Gasteiger partial charge is 0.234 e. The molecule has 1 heterocycles. The predicted molar refractivity (Wildman–Crippen MR) is 107 cm³/mol. The van der Waals surface area contributed by atoms with Gasteiger partial charge in [0.1, 0.15) is 0 Å². The van der Waals surface area contributed by atoms with Crippen LogP contribution >= 0.6 is 11.8 Å². The average Bonchev–Trinajstić information content (AvgIpc) is 2.62. The fraction of sp³-hybridized carbons (Fsp3) is 0.263. The van der Waals surface area contributed by atoms with Gasteiger partial charge in [-0.15, -0.1) is 11.8 Å².